The summed E-state index contributed by atoms with van der Waals surface area (Å²) in [5, 5.41) is 3.63. The number of hydrogen-bond acceptors (Lipinski definition) is 2. The molecule has 3 rings (SSSR count). The van der Waals surface area contributed by atoms with Gasteiger partial charge in [-0.1, -0.05) is 6.07 Å². The van der Waals surface area contributed by atoms with Crippen LogP contribution in [0.25, 0.3) is 10.9 Å². The molecule has 2 aromatic heterocycles. The molecule has 2 N–H and O–H groups in total. The molecule has 0 saturated heterocycles. The summed E-state index contributed by atoms with van der Waals surface area (Å²) in [4.78, 5) is 19.5. The fourth-order valence-corrected chi connectivity index (χ4v) is 2.61. The molecule has 3 aromatic rings. The van der Waals surface area contributed by atoms with E-state index in [-0.39, 0.29) is 5.91 Å². The van der Waals surface area contributed by atoms with Crippen molar-refractivity contribution in [3.8, 4) is 0 Å². The van der Waals surface area contributed by atoms with Crippen LogP contribution in [0.5, 0.6) is 0 Å². The van der Waals surface area contributed by atoms with E-state index >= 15 is 0 Å². The maximum atomic E-state index is 12.3. The molecule has 0 aliphatic heterocycles. The Balaban J connectivity index is 1.98. The van der Waals surface area contributed by atoms with Gasteiger partial charge in [-0.05, 0) is 56.1 Å². The van der Waals surface area contributed by atoms with Gasteiger partial charge in [-0.25, -0.2) is 4.98 Å². The van der Waals surface area contributed by atoms with Crippen LogP contribution in [-0.4, -0.2) is 15.9 Å². The SMILES string of the molecule is O=C(Nc1ccccn1)c1c[nH]c2cc(Br)c(Br)cc12. The highest BCUT2D eigenvalue weighted by molar-refractivity contribution is 9.13. The van der Waals surface area contributed by atoms with Gasteiger partial charge in [0.15, 0.2) is 0 Å². The lowest BCUT2D eigenvalue weighted by Gasteiger charge is -2.03. The van der Waals surface area contributed by atoms with E-state index in [1.54, 1.807) is 24.5 Å². The summed E-state index contributed by atoms with van der Waals surface area (Å²) < 4.78 is 1.83. The molecule has 20 heavy (non-hydrogen) atoms. The number of amides is 1. The number of nitrogens with zero attached hydrogens (tertiary/aromatic N) is 1. The van der Waals surface area contributed by atoms with Crippen molar-refractivity contribution >= 4 is 54.5 Å². The van der Waals surface area contributed by atoms with Crippen LogP contribution in [0.15, 0.2) is 51.7 Å². The number of aromatic amines is 1. The van der Waals surface area contributed by atoms with Gasteiger partial charge in [0, 0.05) is 32.2 Å². The molecule has 0 aliphatic carbocycles. The number of halogens is 2. The average Bonchev–Trinajstić information content (AvgIpc) is 2.83. The lowest BCUT2D eigenvalue weighted by atomic mass is 10.1. The summed E-state index contributed by atoms with van der Waals surface area (Å²) in [6, 6.07) is 9.21. The van der Waals surface area contributed by atoms with E-state index in [1.807, 2.05) is 18.2 Å². The van der Waals surface area contributed by atoms with Crippen LogP contribution in [0.3, 0.4) is 0 Å². The maximum absolute atomic E-state index is 12.3. The van der Waals surface area contributed by atoms with Crippen molar-refractivity contribution in [1.29, 1.82) is 0 Å². The first-order chi connectivity index (χ1) is 9.65. The molecular formula is C14H9Br2N3O. The molecule has 0 fully saturated rings. The van der Waals surface area contributed by atoms with E-state index in [1.165, 1.54) is 0 Å². The van der Waals surface area contributed by atoms with Gasteiger partial charge in [-0.3, -0.25) is 4.79 Å². The Morgan fingerprint density at radius 1 is 1.20 bits per heavy atom. The average molecular weight is 395 g/mol. The summed E-state index contributed by atoms with van der Waals surface area (Å²) >= 11 is 6.89. The van der Waals surface area contributed by atoms with Crippen LogP contribution in [0, 0.1) is 0 Å². The van der Waals surface area contributed by atoms with E-state index in [9.17, 15) is 4.79 Å². The van der Waals surface area contributed by atoms with Crippen LogP contribution in [0.1, 0.15) is 10.4 Å². The Hall–Kier alpha value is -1.66. The van der Waals surface area contributed by atoms with Crippen molar-refractivity contribution in [2.75, 3.05) is 5.32 Å². The first-order valence-electron chi connectivity index (χ1n) is 5.83. The molecule has 6 heteroatoms. The smallest absolute Gasteiger partial charge is 0.258 e. The number of nitrogens with one attached hydrogen (secondary N) is 2. The number of benzene rings is 1. The number of fused-ring (bicyclic) bond motifs is 1. The van der Waals surface area contributed by atoms with Gasteiger partial charge < -0.3 is 10.3 Å². The van der Waals surface area contributed by atoms with Crippen molar-refractivity contribution in [3.05, 3.63) is 57.2 Å². The van der Waals surface area contributed by atoms with Gasteiger partial charge in [0.25, 0.3) is 5.91 Å². The first-order valence-corrected chi connectivity index (χ1v) is 7.42. The minimum atomic E-state index is -0.191. The number of H-pyrrole nitrogens is 1. The molecule has 0 saturated carbocycles. The molecule has 1 aromatic carbocycles. The number of anilines is 1. The summed E-state index contributed by atoms with van der Waals surface area (Å²) in [5.74, 6) is 0.340. The first kappa shape index (κ1) is 13.3. The highest BCUT2D eigenvalue weighted by Gasteiger charge is 2.14. The van der Waals surface area contributed by atoms with Crippen molar-refractivity contribution in [1.82, 2.24) is 9.97 Å². The van der Waals surface area contributed by atoms with Crippen LogP contribution >= 0.6 is 31.9 Å². The maximum Gasteiger partial charge on any atom is 0.258 e. The van der Waals surface area contributed by atoms with Gasteiger partial charge >= 0.3 is 0 Å². The number of rotatable bonds is 2. The van der Waals surface area contributed by atoms with Gasteiger partial charge in [0.05, 0.1) is 5.56 Å². The fraction of sp³-hybridized carbons (Fsp3) is 0. The highest BCUT2D eigenvalue weighted by Crippen LogP contribution is 2.30. The van der Waals surface area contributed by atoms with Crippen LogP contribution in [-0.2, 0) is 0 Å². The van der Waals surface area contributed by atoms with E-state index in [0.717, 1.165) is 19.8 Å². The summed E-state index contributed by atoms with van der Waals surface area (Å²) in [6.45, 7) is 0. The Morgan fingerprint density at radius 2 is 2.00 bits per heavy atom. The zero-order valence-corrected chi connectivity index (χ0v) is 13.3. The van der Waals surface area contributed by atoms with Crippen molar-refractivity contribution in [2.24, 2.45) is 0 Å². The van der Waals surface area contributed by atoms with E-state index in [4.69, 9.17) is 0 Å². The minimum absolute atomic E-state index is 0.191. The summed E-state index contributed by atoms with van der Waals surface area (Å²) in [5.41, 5.74) is 1.48. The number of hydrogen-bond donors (Lipinski definition) is 2. The van der Waals surface area contributed by atoms with Crippen molar-refractivity contribution in [3.63, 3.8) is 0 Å². The third-order valence-corrected chi connectivity index (χ3v) is 4.72. The Morgan fingerprint density at radius 3 is 2.75 bits per heavy atom. The molecular weight excluding hydrogens is 386 g/mol. The number of aromatic nitrogens is 2. The normalized spacial score (nSPS) is 10.7. The zero-order chi connectivity index (χ0) is 14.1. The van der Waals surface area contributed by atoms with Crippen LogP contribution < -0.4 is 5.32 Å². The highest BCUT2D eigenvalue weighted by atomic mass is 79.9. The molecule has 2 heterocycles. The second-order valence-electron chi connectivity index (χ2n) is 4.18. The number of carbonyl (C=O) groups excluding carboxylic acids is 1. The third-order valence-electron chi connectivity index (χ3n) is 2.87. The number of pyridine rings is 1. The largest absolute Gasteiger partial charge is 0.360 e. The molecule has 100 valence electrons. The lowest BCUT2D eigenvalue weighted by molar-refractivity contribution is 0.102. The van der Waals surface area contributed by atoms with Gasteiger partial charge in [-0.15, -0.1) is 0 Å². The predicted octanol–water partition coefficient (Wildman–Crippen LogP) is 4.34. The Kier molecular flexibility index (Phi) is 3.58. The Bertz CT molecular complexity index is 784. The summed E-state index contributed by atoms with van der Waals surface area (Å²) in [6.07, 6.45) is 3.33. The predicted molar refractivity (Wildman–Crippen MR) is 85.9 cm³/mol. The molecule has 1 amide bonds. The van der Waals surface area contributed by atoms with E-state index in [0.29, 0.717) is 11.4 Å². The zero-order valence-electron chi connectivity index (χ0n) is 10.2. The van der Waals surface area contributed by atoms with Crippen molar-refractivity contribution in [2.45, 2.75) is 0 Å². The third kappa shape index (κ3) is 2.48. The molecule has 0 atom stereocenters. The molecule has 0 unspecified atom stereocenters. The van der Waals surface area contributed by atoms with Gasteiger partial charge in [-0.2, -0.15) is 0 Å². The fourth-order valence-electron chi connectivity index (χ4n) is 1.92. The second kappa shape index (κ2) is 5.38. The lowest BCUT2D eigenvalue weighted by Crippen LogP contribution is -2.12. The summed E-state index contributed by atoms with van der Waals surface area (Å²) in [7, 11) is 0. The molecule has 0 radical (unpaired) electrons. The van der Waals surface area contributed by atoms with E-state index < -0.39 is 0 Å². The monoisotopic (exact) mass is 393 g/mol. The van der Waals surface area contributed by atoms with Crippen LogP contribution in [0.4, 0.5) is 5.82 Å². The molecule has 4 nitrogen and oxygen atoms in total. The molecule has 0 spiro atoms. The van der Waals surface area contributed by atoms with Crippen molar-refractivity contribution < 1.29 is 4.79 Å². The number of carbonyl (C=O) groups is 1. The van der Waals surface area contributed by atoms with E-state index in [2.05, 4.69) is 47.1 Å². The molecule has 0 bridgehead atoms. The van der Waals surface area contributed by atoms with Gasteiger partial charge in [0.1, 0.15) is 5.82 Å². The molecule has 0 aliphatic rings. The Labute approximate surface area is 131 Å². The van der Waals surface area contributed by atoms with Crippen LogP contribution in [0.2, 0.25) is 0 Å². The quantitative estimate of drug-likeness (QED) is 0.679. The second-order valence-corrected chi connectivity index (χ2v) is 5.89. The van der Waals surface area contributed by atoms with Gasteiger partial charge in [0.2, 0.25) is 0 Å². The standard InChI is InChI=1S/C14H9Br2N3O/c15-10-5-8-9(7-18-12(8)6-11(10)16)14(20)19-13-3-1-2-4-17-13/h1-7,18H,(H,17,19,20). The minimum Gasteiger partial charge on any atom is -0.360 e. The topological polar surface area (TPSA) is 57.8 Å².